The number of carbonyl (C=O) groups is 1. The molecule has 0 fully saturated rings. The lowest BCUT2D eigenvalue weighted by atomic mass is 10.1. The molecule has 4 aromatic rings. The SMILES string of the molecule is N#C/C(=C/c1ccc(-c2ccc(Br)cc2)o1)C(=O)Nc1ncc(Cc2cccc(Cl)c2)s1. The Labute approximate surface area is 202 Å². The van der Waals surface area contributed by atoms with Crippen molar-refractivity contribution in [3.63, 3.8) is 0 Å². The lowest BCUT2D eigenvalue weighted by molar-refractivity contribution is -0.112. The number of thiazole rings is 1. The Balaban J connectivity index is 1.44. The van der Waals surface area contributed by atoms with Crippen molar-refractivity contribution in [3.05, 3.63) is 98.1 Å². The summed E-state index contributed by atoms with van der Waals surface area (Å²) in [6.07, 6.45) is 3.77. The van der Waals surface area contributed by atoms with Gasteiger partial charge in [0, 0.05) is 38.6 Å². The van der Waals surface area contributed by atoms with E-state index in [1.165, 1.54) is 17.4 Å². The van der Waals surface area contributed by atoms with E-state index in [0.717, 1.165) is 20.5 Å². The van der Waals surface area contributed by atoms with Gasteiger partial charge in [0.1, 0.15) is 23.2 Å². The van der Waals surface area contributed by atoms with Crippen LogP contribution in [0.4, 0.5) is 5.13 Å². The fourth-order valence-electron chi connectivity index (χ4n) is 2.95. The van der Waals surface area contributed by atoms with E-state index in [9.17, 15) is 10.1 Å². The smallest absolute Gasteiger partial charge is 0.268 e. The number of furan rings is 1. The minimum atomic E-state index is -0.544. The first-order chi connectivity index (χ1) is 15.5. The normalized spacial score (nSPS) is 11.2. The average Bonchev–Trinajstić information content (AvgIpc) is 3.42. The molecular formula is C24H15BrClN3O2S. The van der Waals surface area contributed by atoms with Crippen molar-refractivity contribution in [3.8, 4) is 17.4 Å². The van der Waals surface area contributed by atoms with Gasteiger partial charge in [0.2, 0.25) is 0 Å². The first kappa shape index (κ1) is 22.0. The van der Waals surface area contributed by atoms with Gasteiger partial charge in [-0.1, -0.05) is 51.8 Å². The lowest BCUT2D eigenvalue weighted by Crippen LogP contribution is -2.13. The number of amides is 1. The molecule has 2 heterocycles. The van der Waals surface area contributed by atoms with Crippen LogP contribution in [-0.2, 0) is 11.2 Å². The lowest BCUT2D eigenvalue weighted by Gasteiger charge is -2.00. The van der Waals surface area contributed by atoms with Crippen LogP contribution in [0.15, 0.2) is 81.3 Å². The molecule has 0 aliphatic rings. The summed E-state index contributed by atoms with van der Waals surface area (Å²) in [4.78, 5) is 17.8. The minimum Gasteiger partial charge on any atom is -0.457 e. The van der Waals surface area contributed by atoms with E-state index in [-0.39, 0.29) is 5.57 Å². The van der Waals surface area contributed by atoms with Crippen LogP contribution >= 0.6 is 38.9 Å². The van der Waals surface area contributed by atoms with Gasteiger partial charge in [0.05, 0.1) is 0 Å². The maximum absolute atomic E-state index is 12.6. The van der Waals surface area contributed by atoms with Gasteiger partial charge >= 0.3 is 0 Å². The first-order valence-electron chi connectivity index (χ1n) is 9.48. The molecule has 1 N–H and O–H groups in total. The third kappa shape index (κ3) is 5.54. The molecule has 32 heavy (non-hydrogen) atoms. The van der Waals surface area contributed by atoms with E-state index in [1.54, 1.807) is 18.3 Å². The van der Waals surface area contributed by atoms with Crippen LogP contribution < -0.4 is 5.32 Å². The van der Waals surface area contributed by atoms with Crippen molar-refractivity contribution in [2.24, 2.45) is 0 Å². The van der Waals surface area contributed by atoms with Gasteiger partial charge in [0.25, 0.3) is 5.91 Å². The minimum absolute atomic E-state index is 0.0757. The molecule has 158 valence electrons. The maximum Gasteiger partial charge on any atom is 0.268 e. The molecule has 4 rings (SSSR count). The monoisotopic (exact) mass is 523 g/mol. The van der Waals surface area contributed by atoms with E-state index in [2.05, 4.69) is 26.2 Å². The van der Waals surface area contributed by atoms with Crippen molar-refractivity contribution < 1.29 is 9.21 Å². The Bertz CT molecular complexity index is 1340. The Morgan fingerprint density at radius 1 is 1.22 bits per heavy atom. The van der Waals surface area contributed by atoms with Gasteiger partial charge < -0.3 is 4.42 Å². The number of halogens is 2. The van der Waals surface area contributed by atoms with Crippen LogP contribution in [0, 0.1) is 11.3 Å². The molecule has 0 aliphatic heterocycles. The summed E-state index contributed by atoms with van der Waals surface area (Å²) in [6.45, 7) is 0. The van der Waals surface area contributed by atoms with Crippen LogP contribution in [0.5, 0.6) is 0 Å². The second kappa shape index (κ2) is 9.96. The van der Waals surface area contributed by atoms with E-state index in [0.29, 0.717) is 28.1 Å². The summed E-state index contributed by atoms with van der Waals surface area (Å²) in [6, 6.07) is 20.7. The largest absolute Gasteiger partial charge is 0.457 e. The fraction of sp³-hybridized carbons (Fsp3) is 0.0417. The van der Waals surface area contributed by atoms with Crippen molar-refractivity contribution >= 4 is 56.0 Å². The average molecular weight is 525 g/mol. The van der Waals surface area contributed by atoms with Crippen LogP contribution in [0.25, 0.3) is 17.4 Å². The highest BCUT2D eigenvalue weighted by atomic mass is 79.9. The molecule has 0 saturated carbocycles. The predicted molar refractivity (Wildman–Crippen MR) is 130 cm³/mol. The molecule has 0 unspecified atom stereocenters. The number of nitriles is 1. The second-order valence-corrected chi connectivity index (χ2v) is 9.24. The predicted octanol–water partition coefficient (Wildman–Crippen LogP) is 6.96. The number of hydrogen-bond acceptors (Lipinski definition) is 5. The van der Waals surface area contributed by atoms with Crippen LogP contribution in [0.2, 0.25) is 5.02 Å². The Hall–Kier alpha value is -3.18. The van der Waals surface area contributed by atoms with Gasteiger partial charge in [-0.15, -0.1) is 11.3 Å². The molecule has 0 atom stereocenters. The van der Waals surface area contributed by atoms with Crippen molar-refractivity contribution in [2.45, 2.75) is 6.42 Å². The third-order valence-corrected chi connectivity index (χ3v) is 6.13. The molecule has 2 aromatic carbocycles. The Morgan fingerprint density at radius 3 is 2.78 bits per heavy atom. The van der Waals surface area contributed by atoms with E-state index in [1.807, 2.05) is 54.6 Å². The zero-order valence-electron chi connectivity index (χ0n) is 16.5. The fourth-order valence-corrected chi connectivity index (χ4v) is 4.27. The van der Waals surface area contributed by atoms with Crippen LogP contribution in [0.3, 0.4) is 0 Å². The van der Waals surface area contributed by atoms with Gasteiger partial charge in [-0.05, 0) is 42.0 Å². The Kier molecular flexibility index (Phi) is 6.86. The third-order valence-electron chi connectivity index (χ3n) is 4.45. The molecule has 0 saturated heterocycles. The number of nitrogens with zero attached hydrogens (tertiary/aromatic N) is 2. The topological polar surface area (TPSA) is 78.9 Å². The summed E-state index contributed by atoms with van der Waals surface area (Å²) in [5, 5.41) is 13.2. The zero-order valence-corrected chi connectivity index (χ0v) is 19.7. The number of carbonyl (C=O) groups excluding carboxylic acids is 1. The quantitative estimate of drug-likeness (QED) is 0.218. The van der Waals surface area contributed by atoms with Gasteiger partial charge in [-0.3, -0.25) is 10.1 Å². The van der Waals surface area contributed by atoms with E-state index in [4.69, 9.17) is 16.0 Å². The summed E-state index contributed by atoms with van der Waals surface area (Å²) in [5.74, 6) is 0.514. The van der Waals surface area contributed by atoms with Crippen LogP contribution in [0.1, 0.15) is 16.2 Å². The summed E-state index contributed by atoms with van der Waals surface area (Å²) >= 11 is 10.8. The van der Waals surface area contributed by atoms with E-state index >= 15 is 0 Å². The molecule has 0 radical (unpaired) electrons. The number of nitrogens with one attached hydrogen (secondary N) is 1. The van der Waals surface area contributed by atoms with Gasteiger partial charge in [-0.2, -0.15) is 5.26 Å². The molecule has 1 amide bonds. The van der Waals surface area contributed by atoms with Crippen molar-refractivity contribution in [1.29, 1.82) is 5.26 Å². The number of benzene rings is 2. The molecule has 8 heteroatoms. The molecule has 2 aromatic heterocycles. The second-order valence-electron chi connectivity index (χ2n) is 6.77. The number of hydrogen-bond donors (Lipinski definition) is 1. The summed E-state index contributed by atoms with van der Waals surface area (Å²) in [7, 11) is 0. The number of anilines is 1. The molecule has 5 nitrogen and oxygen atoms in total. The van der Waals surface area contributed by atoms with Gasteiger partial charge in [0.15, 0.2) is 5.13 Å². The molecule has 0 spiro atoms. The summed E-state index contributed by atoms with van der Waals surface area (Å²) < 4.78 is 6.74. The van der Waals surface area contributed by atoms with Gasteiger partial charge in [-0.25, -0.2) is 4.98 Å². The summed E-state index contributed by atoms with van der Waals surface area (Å²) in [5.41, 5.74) is 1.87. The first-order valence-corrected chi connectivity index (χ1v) is 11.5. The van der Waals surface area contributed by atoms with Crippen molar-refractivity contribution in [2.75, 3.05) is 5.32 Å². The van der Waals surface area contributed by atoms with E-state index < -0.39 is 5.91 Å². The highest BCUT2D eigenvalue weighted by Crippen LogP contribution is 2.26. The highest BCUT2D eigenvalue weighted by Gasteiger charge is 2.14. The van der Waals surface area contributed by atoms with Crippen LogP contribution in [-0.4, -0.2) is 10.9 Å². The number of rotatable bonds is 6. The standard InChI is InChI=1S/C24H15BrClN3O2S/c25-18-6-4-16(5-7-18)22-9-8-20(31-22)12-17(13-27)23(30)29-24-28-14-21(32-24)11-15-2-1-3-19(26)10-15/h1-10,12,14H,11H2,(H,28,29,30)/b17-12-. The highest BCUT2D eigenvalue weighted by molar-refractivity contribution is 9.10. The zero-order chi connectivity index (χ0) is 22.5. The molecule has 0 aliphatic carbocycles. The van der Waals surface area contributed by atoms with Crippen molar-refractivity contribution in [1.82, 2.24) is 4.98 Å². The molecular weight excluding hydrogens is 510 g/mol. The maximum atomic E-state index is 12.6. The Morgan fingerprint density at radius 2 is 2.03 bits per heavy atom. The molecule has 0 bridgehead atoms. The number of aromatic nitrogens is 1.